The Morgan fingerprint density at radius 3 is 2.33 bits per heavy atom. The molecule has 0 saturated carbocycles. The highest BCUT2D eigenvalue weighted by Crippen LogP contribution is 2.31. The van der Waals surface area contributed by atoms with Gasteiger partial charge in [-0.05, 0) is 54.2 Å². The van der Waals surface area contributed by atoms with E-state index in [4.69, 9.17) is 9.47 Å². The quantitative estimate of drug-likeness (QED) is 0.239. The van der Waals surface area contributed by atoms with Crippen molar-refractivity contribution in [2.24, 2.45) is 5.92 Å². The van der Waals surface area contributed by atoms with E-state index in [0.717, 1.165) is 42.9 Å². The zero-order valence-electron chi connectivity index (χ0n) is 17.2. The van der Waals surface area contributed by atoms with Crippen LogP contribution in [0.2, 0.25) is 0 Å². The molecule has 150 valence electrons. The van der Waals surface area contributed by atoms with Crippen molar-refractivity contribution in [1.82, 2.24) is 0 Å². The monoisotopic (exact) mass is 434 g/mol. The Hall–Kier alpha value is -1.22. The lowest BCUT2D eigenvalue weighted by molar-refractivity contribution is 0.271. The molecule has 0 bridgehead atoms. The van der Waals surface area contributed by atoms with Crippen molar-refractivity contribution in [3.05, 3.63) is 35.9 Å². The molecule has 3 heteroatoms. The van der Waals surface area contributed by atoms with Crippen molar-refractivity contribution in [1.29, 1.82) is 0 Å². The van der Waals surface area contributed by atoms with Gasteiger partial charge in [0.25, 0.3) is 0 Å². The number of fused-ring (bicyclic) bond motifs is 1. The third-order valence-electron chi connectivity index (χ3n) is 4.78. The van der Waals surface area contributed by atoms with Crippen LogP contribution in [0.5, 0.6) is 11.5 Å². The fourth-order valence-corrected chi connectivity index (χ4v) is 3.69. The summed E-state index contributed by atoms with van der Waals surface area (Å²) in [5.41, 5.74) is 1.31. The topological polar surface area (TPSA) is 18.5 Å². The molecular weight excluding hydrogens is 400 g/mol. The fraction of sp³-hybridized carbons (Fsp3) is 0.583. The highest BCUT2D eigenvalue weighted by atomic mass is 79.9. The van der Waals surface area contributed by atoms with Crippen molar-refractivity contribution in [3.63, 3.8) is 0 Å². The number of aryl methyl sites for hydroxylation is 1. The average Bonchev–Trinajstić information content (AvgIpc) is 2.67. The summed E-state index contributed by atoms with van der Waals surface area (Å²) < 4.78 is 12.0. The first-order valence-electron chi connectivity index (χ1n) is 10.5. The summed E-state index contributed by atoms with van der Waals surface area (Å²) in [7, 11) is 0. The Labute approximate surface area is 173 Å². The van der Waals surface area contributed by atoms with E-state index in [2.05, 4.69) is 67.0 Å². The van der Waals surface area contributed by atoms with Crippen LogP contribution in [0.25, 0.3) is 10.8 Å². The van der Waals surface area contributed by atoms with Gasteiger partial charge in [-0.15, -0.1) is 0 Å². The van der Waals surface area contributed by atoms with Gasteiger partial charge in [0.1, 0.15) is 11.5 Å². The van der Waals surface area contributed by atoms with Gasteiger partial charge in [0, 0.05) is 10.9 Å². The predicted octanol–water partition coefficient (Wildman–Crippen LogP) is 7.55. The van der Waals surface area contributed by atoms with Gasteiger partial charge in [-0.3, -0.25) is 0 Å². The first-order chi connectivity index (χ1) is 13.2. The van der Waals surface area contributed by atoms with Crippen LogP contribution in [-0.2, 0) is 6.42 Å². The summed E-state index contributed by atoms with van der Waals surface area (Å²) in [6.07, 6.45) is 8.64. The molecule has 0 N–H and O–H groups in total. The number of unbranched alkanes of at least 4 members (excludes halogenated alkanes) is 5. The predicted molar refractivity (Wildman–Crippen MR) is 121 cm³/mol. The van der Waals surface area contributed by atoms with E-state index in [1.807, 2.05) is 0 Å². The Kier molecular flexibility index (Phi) is 10.0. The Balaban J connectivity index is 1.92. The van der Waals surface area contributed by atoms with E-state index in [1.54, 1.807) is 0 Å². The van der Waals surface area contributed by atoms with Crippen molar-refractivity contribution < 1.29 is 9.47 Å². The smallest absolute Gasteiger partial charge is 0.123 e. The van der Waals surface area contributed by atoms with Crippen LogP contribution < -0.4 is 9.47 Å². The molecule has 0 unspecified atom stereocenters. The third kappa shape index (κ3) is 7.37. The largest absolute Gasteiger partial charge is 0.493 e. The summed E-state index contributed by atoms with van der Waals surface area (Å²) >= 11 is 3.49. The lowest BCUT2D eigenvalue weighted by Crippen LogP contribution is -2.04. The lowest BCUT2D eigenvalue weighted by Gasteiger charge is -2.15. The normalized spacial score (nSPS) is 11.3. The third-order valence-corrected chi connectivity index (χ3v) is 5.34. The first kappa shape index (κ1) is 22.1. The lowest BCUT2D eigenvalue weighted by atomic mass is 10.0. The van der Waals surface area contributed by atoms with Crippen LogP contribution in [0.3, 0.4) is 0 Å². The van der Waals surface area contributed by atoms with Gasteiger partial charge in [0.15, 0.2) is 0 Å². The molecule has 27 heavy (non-hydrogen) atoms. The molecule has 2 rings (SSSR count). The van der Waals surface area contributed by atoms with Crippen LogP contribution in [-0.4, -0.2) is 18.5 Å². The molecule has 0 atom stereocenters. The molecule has 0 aliphatic heterocycles. The number of rotatable bonds is 13. The Morgan fingerprint density at radius 2 is 1.63 bits per heavy atom. The molecule has 0 aliphatic rings. The second kappa shape index (κ2) is 12.3. The van der Waals surface area contributed by atoms with E-state index in [-0.39, 0.29) is 0 Å². The molecule has 0 radical (unpaired) electrons. The van der Waals surface area contributed by atoms with Gasteiger partial charge < -0.3 is 9.47 Å². The minimum Gasteiger partial charge on any atom is -0.493 e. The zero-order chi connectivity index (χ0) is 19.5. The SMILES string of the molecule is CCc1c(OCCCCCCCCBr)ccc2cc(OCC(C)C)ccc12. The van der Waals surface area contributed by atoms with E-state index in [9.17, 15) is 0 Å². The summed E-state index contributed by atoms with van der Waals surface area (Å²) in [6.45, 7) is 8.11. The standard InChI is InChI=1S/C24H35BrO2/c1-4-22-23-13-12-21(27-18-19(2)3)17-20(23)11-14-24(22)26-16-10-8-6-5-7-9-15-25/h11-14,17,19H,4-10,15-16,18H2,1-3H3. The maximum Gasteiger partial charge on any atom is 0.123 e. The maximum atomic E-state index is 6.13. The molecule has 0 fully saturated rings. The van der Waals surface area contributed by atoms with Crippen molar-refractivity contribution >= 4 is 26.7 Å². The molecule has 0 saturated heterocycles. The van der Waals surface area contributed by atoms with Crippen LogP contribution in [0, 0.1) is 5.92 Å². The van der Waals surface area contributed by atoms with Crippen LogP contribution >= 0.6 is 15.9 Å². The maximum absolute atomic E-state index is 6.13. The van der Waals surface area contributed by atoms with Crippen LogP contribution in [0.1, 0.15) is 64.9 Å². The second-order valence-corrected chi connectivity index (χ2v) is 8.44. The highest BCUT2D eigenvalue weighted by Gasteiger charge is 2.09. The number of hydrogen-bond acceptors (Lipinski definition) is 2. The number of ether oxygens (including phenoxy) is 2. The molecule has 0 heterocycles. The second-order valence-electron chi connectivity index (χ2n) is 7.64. The van der Waals surface area contributed by atoms with E-state index in [1.165, 1.54) is 48.4 Å². The molecule has 2 aromatic carbocycles. The van der Waals surface area contributed by atoms with Gasteiger partial charge in [-0.1, -0.05) is 74.5 Å². The number of alkyl halides is 1. The summed E-state index contributed by atoms with van der Waals surface area (Å²) in [4.78, 5) is 0. The van der Waals surface area contributed by atoms with Gasteiger partial charge in [-0.25, -0.2) is 0 Å². The molecule has 2 aromatic rings. The molecular formula is C24H35BrO2. The van der Waals surface area contributed by atoms with E-state index in [0.29, 0.717) is 5.92 Å². The summed E-state index contributed by atoms with van der Waals surface area (Å²) in [5, 5.41) is 3.64. The van der Waals surface area contributed by atoms with Gasteiger partial charge >= 0.3 is 0 Å². The number of hydrogen-bond donors (Lipinski definition) is 0. The van der Waals surface area contributed by atoms with Crippen molar-refractivity contribution in [3.8, 4) is 11.5 Å². The summed E-state index contributed by atoms with van der Waals surface area (Å²) in [6, 6.07) is 10.7. The average molecular weight is 435 g/mol. The molecule has 2 nitrogen and oxygen atoms in total. The van der Waals surface area contributed by atoms with Crippen LogP contribution in [0.4, 0.5) is 0 Å². The zero-order valence-corrected chi connectivity index (χ0v) is 18.8. The van der Waals surface area contributed by atoms with E-state index >= 15 is 0 Å². The van der Waals surface area contributed by atoms with Crippen LogP contribution in [0.15, 0.2) is 30.3 Å². The molecule has 0 amide bonds. The number of benzene rings is 2. The van der Waals surface area contributed by atoms with Crippen molar-refractivity contribution in [2.45, 2.75) is 65.7 Å². The summed E-state index contributed by atoms with van der Waals surface area (Å²) in [5.74, 6) is 2.53. The van der Waals surface area contributed by atoms with Crippen molar-refractivity contribution in [2.75, 3.05) is 18.5 Å². The fourth-order valence-electron chi connectivity index (χ4n) is 3.29. The Morgan fingerprint density at radius 1 is 0.889 bits per heavy atom. The van der Waals surface area contributed by atoms with Gasteiger partial charge in [0.05, 0.1) is 13.2 Å². The van der Waals surface area contributed by atoms with Gasteiger partial charge in [-0.2, -0.15) is 0 Å². The highest BCUT2D eigenvalue weighted by molar-refractivity contribution is 9.09. The first-order valence-corrected chi connectivity index (χ1v) is 11.6. The minimum absolute atomic E-state index is 0.534. The molecule has 0 aromatic heterocycles. The van der Waals surface area contributed by atoms with Gasteiger partial charge in [0.2, 0.25) is 0 Å². The minimum atomic E-state index is 0.534. The van der Waals surface area contributed by atoms with E-state index < -0.39 is 0 Å². The Bertz CT molecular complexity index is 681. The molecule has 0 aliphatic carbocycles. The number of halogens is 1. The molecule has 0 spiro atoms.